The highest BCUT2D eigenvalue weighted by atomic mass is 79.9. The quantitative estimate of drug-likeness (QED) is 0.570. The Bertz CT molecular complexity index is 885. The Morgan fingerprint density at radius 3 is 2.41 bits per heavy atom. The molecule has 2 unspecified atom stereocenters. The molecule has 32 heavy (non-hydrogen) atoms. The summed E-state index contributed by atoms with van der Waals surface area (Å²) in [6.45, 7) is 9.19. The third-order valence-corrected chi connectivity index (χ3v) is 7.33. The fourth-order valence-corrected chi connectivity index (χ4v) is 5.39. The van der Waals surface area contributed by atoms with Crippen molar-refractivity contribution in [2.75, 3.05) is 26.2 Å². The zero-order chi connectivity index (χ0) is 22.3. The SMILES string of the molecule is CC1CCCN(Cc2cccc(CNC(=O)C3CCCN(Cc4ccc(Br)cc4)C3)c2)C1. The molecule has 2 atom stereocenters. The van der Waals surface area contributed by atoms with Crippen molar-refractivity contribution >= 4 is 21.8 Å². The van der Waals surface area contributed by atoms with Crippen LogP contribution in [0.5, 0.6) is 0 Å². The lowest BCUT2D eigenvalue weighted by atomic mass is 9.96. The molecule has 2 heterocycles. The third kappa shape index (κ3) is 6.90. The molecule has 2 aliphatic heterocycles. The van der Waals surface area contributed by atoms with E-state index in [4.69, 9.17) is 0 Å². The third-order valence-electron chi connectivity index (χ3n) is 6.80. The van der Waals surface area contributed by atoms with Gasteiger partial charge in [-0.25, -0.2) is 0 Å². The monoisotopic (exact) mass is 497 g/mol. The zero-order valence-corrected chi connectivity index (χ0v) is 20.8. The summed E-state index contributed by atoms with van der Waals surface area (Å²) in [4.78, 5) is 17.9. The predicted molar refractivity (Wildman–Crippen MR) is 134 cm³/mol. The average molecular weight is 499 g/mol. The Kier molecular flexibility index (Phi) is 8.39. The Morgan fingerprint density at radius 1 is 0.938 bits per heavy atom. The van der Waals surface area contributed by atoms with Crippen molar-refractivity contribution in [2.45, 2.75) is 52.2 Å². The molecule has 0 bridgehead atoms. The molecule has 4 rings (SSSR count). The van der Waals surface area contributed by atoms with E-state index in [0.717, 1.165) is 49.4 Å². The maximum atomic E-state index is 12.9. The maximum Gasteiger partial charge on any atom is 0.224 e. The molecule has 2 saturated heterocycles. The maximum absolute atomic E-state index is 12.9. The van der Waals surface area contributed by atoms with Gasteiger partial charge in [-0.05, 0) is 73.5 Å². The number of amides is 1. The lowest BCUT2D eigenvalue weighted by Gasteiger charge is -2.32. The molecule has 4 nitrogen and oxygen atoms in total. The number of carbonyl (C=O) groups excluding carboxylic acids is 1. The summed E-state index contributed by atoms with van der Waals surface area (Å²) in [7, 11) is 0. The van der Waals surface area contributed by atoms with Gasteiger partial charge in [0.25, 0.3) is 0 Å². The largest absolute Gasteiger partial charge is 0.352 e. The summed E-state index contributed by atoms with van der Waals surface area (Å²) in [5, 5.41) is 3.21. The number of hydrogen-bond acceptors (Lipinski definition) is 3. The second-order valence-electron chi connectivity index (χ2n) is 9.72. The molecular formula is C27H36BrN3O. The van der Waals surface area contributed by atoms with Crippen LogP contribution in [0.25, 0.3) is 0 Å². The van der Waals surface area contributed by atoms with E-state index in [1.807, 2.05) is 0 Å². The van der Waals surface area contributed by atoms with E-state index in [0.29, 0.717) is 6.54 Å². The van der Waals surface area contributed by atoms with Crippen molar-refractivity contribution in [3.63, 3.8) is 0 Å². The van der Waals surface area contributed by atoms with Crippen LogP contribution in [0.3, 0.4) is 0 Å². The van der Waals surface area contributed by atoms with Crippen molar-refractivity contribution in [1.29, 1.82) is 0 Å². The normalized spacial score (nSPS) is 22.6. The van der Waals surface area contributed by atoms with Crippen molar-refractivity contribution in [3.05, 3.63) is 69.7 Å². The Hall–Kier alpha value is -1.69. The highest BCUT2D eigenvalue weighted by Gasteiger charge is 2.25. The van der Waals surface area contributed by atoms with Gasteiger partial charge in [-0.2, -0.15) is 0 Å². The first-order valence-corrected chi connectivity index (χ1v) is 12.9. The molecule has 0 saturated carbocycles. The minimum Gasteiger partial charge on any atom is -0.352 e. The zero-order valence-electron chi connectivity index (χ0n) is 19.2. The average Bonchev–Trinajstić information content (AvgIpc) is 2.79. The summed E-state index contributed by atoms with van der Waals surface area (Å²) < 4.78 is 1.10. The van der Waals surface area contributed by atoms with E-state index in [1.165, 1.54) is 42.6 Å². The van der Waals surface area contributed by atoms with E-state index in [9.17, 15) is 4.79 Å². The summed E-state index contributed by atoms with van der Waals surface area (Å²) in [6.07, 6.45) is 4.72. The van der Waals surface area contributed by atoms with Crippen molar-refractivity contribution < 1.29 is 4.79 Å². The van der Waals surface area contributed by atoms with Gasteiger partial charge in [0.1, 0.15) is 0 Å². The standard InChI is InChI=1S/C27H36BrN3O/c1-21-5-3-13-30(17-21)19-24-7-2-6-23(15-24)16-29-27(32)25-8-4-14-31(20-25)18-22-9-11-26(28)12-10-22/h2,6-7,9-12,15,21,25H,3-5,8,13-14,16-20H2,1H3,(H,29,32). The topological polar surface area (TPSA) is 35.6 Å². The molecular weight excluding hydrogens is 462 g/mol. The molecule has 5 heteroatoms. The van der Waals surface area contributed by atoms with Crippen LogP contribution in [0.1, 0.15) is 49.3 Å². The summed E-state index contributed by atoms with van der Waals surface area (Å²) in [6, 6.07) is 17.2. The second-order valence-corrected chi connectivity index (χ2v) is 10.6. The van der Waals surface area contributed by atoms with Crippen LogP contribution in [-0.2, 0) is 24.4 Å². The van der Waals surface area contributed by atoms with Gasteiger partial charge in [0.2, 0.25) is 5.91 Å². The molecule has 1 N–H and O–H groups in total. The van der Waals surface area contributed by atoms with Crippen molar-refractivity contribution in [1.82, 2.24) is 15.1 Å². The molecule has 2 aliphatic rings. The first-order valence-electron chi connectivity index (χ1n) is 12.1. The Labute approximate surface area is 201 Å². The van der Waals surface area contributed by atoms with E-state index in [1.54, 1.807) is 0 Å². The van der Waals surface area contributed by atoms with Crippen LogP contribution in [0.2, 0.25) is 0 Å². The fraction of sp³-hybridized carbons (Fsp3) is 0.519. The lowest BCUT2D eigenvalue weighted by molar-refractivity contribution is -0.126. The Morgan fingerprint density at radius 2 is 1.62 bits per heavy atom. The molecule has 0 spiro atoms. The molecule has 2 aromatic rings. The minimum atomic E-state index is 0.0808. The molecule has 2 fully saturated rings. The lowest BCUT2D eigenvalue weighted by Crippen LogP contribution is -2.42. The number of rotatable bonds is 7. The number of piperidine rings is 2. The van der Waals surface area contributed by atoms with Gasteiger partial charge in [0.05, 0.1) is 5.92 Å². The van der Waals surface area contributed by atoms with Gasteiger partial charge in [0.15, 0.2) is 0 Å². The van der Waals surface area contributed by atoms with Crippen LogP contribution in [-0.4, -0.2) is 41.9 Å². The Balaban J connectivity index is 1.26. The number of carbonyl (C=O) groups is 1. The van der Waals surface area contributed by atoms with Gasteiger partial charge in [-0.15, -0.1) is 0 Å². The highest BCUT2D eigenvalue weighted by Crippen LogP contribution is 2.21. The number of nitrogens with zero attached hydrogens (tertiary/aromatic N) is 2. The first kappa shape index (κ1) is 23.5. The number of likely N-dealkylation sites (tertiary alicyclic amines) is 2. The van der Waals surface area contributed by atoms with E-state index < -0.39 is 0 Å². The molecule has 1 amide bonds. The summed E-state index contributed by atoms with van der Waals surface area (Å²) in [5.41, 5.74) is 3.85. The van der Waals surface area contributed by atoms with Gasteiger partial charge in [-0.1, -0.05) is 59.3 Å². The molecule has 0 aliphatic carbocycles. The number of benzene rings is 2. The number of hydrogen-bond donors (Lipinski definition) is 1. The van der Waals surface area contributed by atoms with E-state index in [-0.39, 0.29) is 11.8 Å². The first-order chi connectivity index (χ1) is 15.5. The molecule has 2 aromatic carbocycles. The molecule has 0 aromatic heterocycles. The summed E-state index contributed by atoms with van der Waals surface area (Å²) >= 11 is 3.50. The van der Waals surface area contributed by atoms with Crippen LogP contribution in [0, 0.1) is 11.8 Å². The predicted octanol–water partition coefficient (Wildman–Crippen LogP) is 5.21. The summed E-state index contributed by atoms with van der Waals surface area (Å²) in [5.74, 6) is 1.07. The van der Waals surface area contributed by atoms with Gasteiger partial charge < -0.3 is 5.32 Å². The van der Waals surface area contributed by atoms with E-state index in [2.05, 4.69) is 86.5 Å². The fourth-order valence-electron chi connectivity index (χ4n) is 5.12. The molecule has 0 radical (unpaired) electrons. The van der Waals surface area contributed by atoms with Crippen molar-refractivity contribution in [2.24, 2.45) is 11.8 Å². The van der Waals surface area contributed by atoms with Gasteiger partial charge >= 0.3 is 0 Å². The van der Waals surface area contributed by atoms with Crippen LogP contribution in [0.4, 0.5) is 0 Å². The van der Waals surface area contributed by atoms with Crippen LogP contribution in [0.15, 0.2) is 53.0 Å². The minimum absolute atomic E-state index is 0.0808. The van der Waals surface area contributed by atoms with Crippen molar-refractivity contribution in [3.8, 4) is 0 Å². The van der Waals surface area contributed by atoms with Crippen LogP contribution >= 0.6 is 15.9 Å². The van der Waals surface area contributed by atoms with E-state index >= 15 is 0 Å². The molecule has 172 valence electrons. The van der Waals surface area contributed by atoms with Gasteiger partial charge in [-0.3, -0.25) is 14.6 Å². The number of nitrogens with one attached hydrogen (secondary N) is 1. The number of halogens is 1. The van der Waals surface area contributed by atoms with Crippen LogP contribution < -0.4 is 5.32 Å². The smallest absolute Gasteiger partial charge is 0.224 e. The highest BCUT2D eigenvalue weighted by molar-refractivity contribution is 9.10. The second kappa shape index (κ2) is 11.4. The van der Waals surface area contributed by atoms with Gasteiger partial charge in [0, 0.05) is 37.2 Å².